The Hall–Kier alpha value is -2.50. The summed E-state index contributed by atoms with van der Waals surface area (Å²) < 4.78 is 27.6. The number of hydrogen-bond acceptors (Lipinski definition) is 6. The van der Waals surface area contributed by atoms with Gasteiger partial charge in [0.2, 0.25) is 27.7 Å². The van der Waals surface area contributed by atoms with Crippen molar-refractivity contribution < 1.29 is 22.8 Å². The molecule has 3 saturated heterocycles. The summed E-state index contributed by atoms with van der Waals surface area (Å²) in [5.74, 6) is -0.104. The standard InChI is InChI=1S/C23H33N5O5S/c29-21-5-4-12-28(21)19-6-8-20(9-7-19)34(32,33)24-17-22(30)27-15-13-25(14-16-27)18-23(31)26-10-2-1-3-11-26/h6-9,24H,1-5,10-18H2. The molecule has 0 spiro atoms. The minimum absolute atomic E-state index is 0.0373. The molecule has 3 amide bonds. The highest BCUT2D eigenvalue weighted by molar-refractivity contribution is 7.89. The number of piperazine rings is 1. The zero-order chi connectivity index (χ0) is 24.1. The number of hydrogen-bond donors (Lipinski definition) is 1. The van der Waals surface area contributed by atoms with E-state index in [9.17, 15) is 22.8 Å². The first-order valence-electron chi connectivity index (χ1n) is 12.0. The summed E-state index contributed by atoms with van der Waals surface area (Å²) in [7, 11) is -3.85. The summed E-state index contributed by atoms with van der Waals surface area (Å²) in [5, 5.41) is 0. The molecule has 0 atom stereocenters. The van der Waals surface area contributed by atoms with Crippen LogP contribution in [0.1, 0.15) is 32.1 Å². The van der Waals surface area contributed by atoms with Crippen LogP contribution in [0.25, 0.3) is 0 Å². The average molecular weight is 492 g/mol. The first-order chi connectivity index (χ1) is 16.3. The van der Waals surface area contributed by atoms with E-state index in [1.807, 2.05) is 4.90 Å². The van der Waals surface area contributed by atoms with Crippen LogP contribution in [-0.4, -0.2) is 99.7 Å². The van der Waals surface area contributed by atoms with Crippen molar-refractivity contribution in [2.45, 2.75) is 37.0 Å². The monoisotopic (exact) mass is 491 g/mol. The Bertz CT molecular complexity index is 999. The second kappa shape index (κ2) is 10.8. The van der Waals surface area contributed by atoms with Crippen molar-refractivity contribution in [2.24, 2.45) is 0 Å². The molecule has 0 aliphatic carbocycles. The number of piperidine rings is 1. The molecule has 1 aromatic rings. The summed E-state index contributed by atoms with van der Waals surface area (Å²) in [5.41, 5.74) is 0.675. The zero-order valence-corrected chi connectivity index (χ0v) is 20.3. The second-order valence-corrected chi connectivity index (χ2v) is 10.8. The Balaban J connectivity index is 1.22. The Morgan fingerprint density at radius 1 is 0.794 bits per heavy atom. The fraction of sp³-hybridized carbons (Fsp3) is 0.609. The van der Waals surface area contributed by atoms with Gasteiger partial charge in [0.1, 0.15) is 0 Å². The molecule has 1 aromatic carbocycles. The number of carbonyl (C=O) groups is 3. The lowest BCUT2D eigenvalue weighted by Gasteiger charge is -2.36. The Kier molecular flexibility index (Phi) is 7.84. The van der Waals surface area contributed by atoms with Crippen LogP contribution in [0.15, 0.2) is 29.2 Å². The predicted octanol–water partition coefficient (Wildman–Crippen LogP) is 0.248. The molecule has 0 unspecified atom stereocenters. The molecule has 0 saturated carbocycles. The van der Waals surface area contributed by atoms with Gasteiger partial charge in [-0.3, -0.25) is 19.3 Å². The van der Waals surface area contributed by atoms with E-state index in [2.05, 4.69) is 9.62 Å². The molecule has 3 fully saturated rings. The highest BCUT2D eigenvalue weighted by atomic mass is 32.2. The number of carbonyl (C=O) groups excluding carboxylic acids is 3. The number of likely N-dealkylation sites (tertiary alicyclic amines) is 1. The maximum Gasteiger partial charge on any atom is 0.241 e. The lowest BCUT2D eigenvalue weighted by atomic mass is 10.1. The third-order valence-corrected chi connectivity index (χ3v) is 8.16. The molecule has 3 heterocycles. The Labute approximate surface area is 200 Å². The van der Waals surface area contributed by atoms with Crippen LogP contribution >= 0.6 is 0 Å². The van der Waals surface area contributed by atoms with E-state index in [0.29, 0.717) is 51.4 Å². The van der Waals surface area contributed by atoms with Gasteiger partial charge in [0.25, 0.3) is 0 Å². The topological polar surface area (TPSA) is 110 Å². The summed E-state index contributed by atoms with van der Waals surface area (Å²) >= 11 is 0. The second-order valence-electron chi connectivity index (χ2n) is 9.07. The van der Waals surface area contributed by atoms with E-state index in [4.69, 9.17) is 0 Å². The van der Waals surface area contributed by atoms with Crippen LogP contribution in [-0.2, 0) is 24.4 Å². The minimum Gasteiger partial charge on any atom is -0.342 e. The van der Waals surface area contributed by atoms with Crippen molar-refractivity contribution >= 4 is 33.4 Å². The number of amides is 3. The predicted molar refractivity (Wildman–Crippen MR) is 127 cm³/mol. The third-order valence-electron chi connectivity index (χ3n) is 6.74. The van der Waals surface area contributed by atoms with Crippen molar-refractivity contribution in [1.82, 2.24) is 19.4 Å². The minimum atomic E-state index is -3.85. The number of sulfonamides is 1. The van der Waals surface area contributed by atoms with E-state index < -0.39 is 10.0 Å². The largest absolute Gasteiger partial charge is 0.342 e. The SMILES string of the molecule is O=C(CNS(=O)(=O)c1ccc(N2CCCC2=O)cc1)N1CCN(CC(=O)N2CCCCC2)CC1. The quantitative estimate of drug-likeness (QED) is 0.586. The van der Waals surface area contributed by atoms with E-state index in [1.165, 1.54) is 18.6 Å². The van der Waals surface area contributed by atoms with Gasteiger partial charge in [0.15, 0.2) is 0 Å². The van der Waals surface area contributed by atoms with Gasteiger partial charge in [-0.2, -0.15) is 0 Å². The van der Waals surface area contributed by atoms with Crippen LogP contribution < -0.4 is 9.62 Å². The van der Waals surface area contributed by atoms with Gasteiger partial charge in [-0.1, -0.05) is 0 Å². The summed E-state index contributed by atoms with van der Waals surface area (Å²) in [6, 6.07) is 6.13. The normalized spacial score (nSPS) is 20.1. The highest BCUT2D eigenvalue weighted by Gasteiger charge is 2.26. The van der Waals surface area contributed by atoms with Gasteiger partial charge in [-0.25, -0.2) is 13.1 Å². The number of nitrogens with one attached hydrogen (secondary N) is 1. The van der Waals surface area contributed by atoms with Crippen LogP contribution in [0.5, 0.6) is 0 Å². The molecular weight excluding hydrogens is 458 g/mol. The van der Waals surface area contributed by atoms with E-state index in [1.54, 1.807) is 21.9 Å². The molecule has 4 rings (SSSR count). The first-order valence-corrected chi connectivity index (χ1v) is 13.5. The molecule has 0 bridgehead atoms. The first kappa shape index (κ1) is 24.6. The van der Waals surface area contributed by atoms with E-state index in [0.717, 1.165) is 32.4 Å². The number of benzene rings is 1. The summed E-state index contributed by atoms with van der Waals surface area (Å²) in [6.45, 7) is 4.46. The number of rotatable bonds is 7. The fourth-order valence-electron chi connectivity index (χ4n) is 4.67. The number of nitrogens with zero attached hydrogens (tertiary/aromatic N) is 4. The molecule has 3 aliphatic heterocycles. The molecule has 3 aliphatic rings. The van der Waals surface area contributed by atoms with Gasteiger partial charge in [0.05, 0.1) is 18.0 Å². The van der Waals surface area contributed by atoms with E-state index >= 15 is 0 Å². The smallest absolute Gasteiger partial charge is 0.241 e. The molecule has 0 aromatic heterocycles. The molecule has 34 heavy (non-hydrogen) atoms. The lowest BCUT2D eigenvalue weighted by molar-refractivity contribution is -0.135. The molecule has 0 radical (unpaired) electrons. The lowest BCUT2D eigenvalue weighted by Crippen LogP contribution is -2.53. The van der Waals surface area contributed by atoms with Gasteiger partial charge < -0.3 is 14.7 Å². The van der Waals surface area contributed by atoms with Gasteiger partial charge in [0, 0.05) is 57.9 Å². The van der Waals surface area contributed by atoms with Crippen LogP contribution in [0, 0.1) is 0 Å². The van der Waals surface area contributed by atoms with Gasteiger partial charge in [-0.15, -0.1) is 0 Å². The van der Waals surface area contributed by atoms with Gasteiger partial charge >= 0.3 is 0 Å². The van der Waals surface area contributed by atoms with Crippen molar-refractivity contribution in [3.8, 4) is 0 Å². The third kappa shape index (κ3) is 5.94. The van der Waals surface area contributed by atoms with Crippen LogP contribution in [0.2, 0.25) is 0 Å². The van der Waals surface area contributed by atoms with E-state index in [-0.39, 0.29) is 29.2 Å². The maximum atomic E-state index is 12.6. The summed E-state index contributed by atoms with van der Waals surface area (Å²) in [4.78, 5) is 44.2. The Morgan fingerprint density at radius 2 is 1.44 bits per heavy atom. The zero-order valence-electron chi connectivity index (χ0n) is 19.4. The van der Waals surface area contributed by atoms with Crippen molar-refractivity contribution in [2.75, 3.05) is 63.8 Å². The van der Waals surface area contributed by atoms with Crippen molar-refractivity contribution in [1.29, 1.82) is 0 Å². The molecule has 10 nitrogen and oxygen atoms in total. The number of anilines is 1. The van der Waals surface area contributed by atoms with Crippen molar-refractivity contribution in [3.05, 3.63) is 24.3 Å². The van der Waals surface area contributed by atoms with Crippen molar-refractivity contribution in [3.63, 3.8) is 0 Å². The maximum absolute atomic E-state index is 12.6. The van der Waals surface area contributed by atoms with Gasteiger partial charge in [-0.05, 0) is 49.9 Å². The average Bonchev–Trinajstić information content (AvgIpc) is 3.29. The fourth-order valence-corrected chi connectivity index (χ4v) is 5.64. The molecule has 1 N–H and O–H groups in total. The molecule has 11 heteroatoms. The molecule has 186 valence electrons. The van der Waals surface area contributed by atoms with Crippen LogP contribution in [0.4, 0.5) is 5.69 Å². The highest BCUT2D eigenvalue weighted by Crippen LogP contribution is 2.23. The van der Waals surface area contributed by atoms with Crippen LogP contribution in [0.3, 0.4) is 0 Å². The summed E-state index contributed by atoms with van der Waals surface area (Å²) in [6.07, 6.45) is 4.61. The molecular formula is C23H33N5O5S. The Morgan fingerprint density at radius 3 is 2.06 bits per heavy atom.